The fourth-order valence-corrected chi connectivity index (χ4v) is 7.81. The summed E-state index contributed by atoms with van der Waals surface area (Å²) in [6.07, 6.45) is -0.927. The molecule has 1 aromatic carbocycles. The van der Waals surface area contributed by atoms with Crippen molar-refractivity contribution < 1.29 is 27.1 Å². The van der Waals surface area contributed by atoms with Crippen molar-refractivity contribution in [3.8, 4) is 11.3 Å². The number of fused-ring (bicyclic) bond motifs is 1. The first-order valence-electron chi connectivity index (χ1n) is 15.6. The molecule has 0 spiro atoms. The zero-order chi connectivity index (χ0) is 31.6. The topological polar surface area (TPSA) is 69.5 Å². The van der Waals surface area contributed by atoms with Gasteiger partial charge in [-0.2, -0.15) is 18.3 Å². The van der Waals surface area contributed by atoms with Gasteiger partial charge in [-0.15, -0.1) is 11.8 Å². The Kier molecular flexibility index (Phi) is 9.81. The molecule has 3 aromatic rings. The minimum atomic E-state index is -4.54. The zero-order valence-electron chi connectivity index (χ0n) is 25.1. The van der Waals surface area contributed by atoms with Gasteiger partial charge in [0.25, 0.3) is 5.92 Å². The molecule has 0 saturated carbocycles. The van der Waals surface area contributed by atoms with Gasteiger partial charge < -0.3 is 15.3 Å². The maximum Gasteiger partial charge on any atom is 0.417 e. The number of aromatic nitrogens is 3. The second-order valence-electron chi connectivity index (χ2n) is 12.3. The molecule has 2 aromatic heterocycles. The number of likely N-dealkylation sites (tertiary alicyclic amines) is 2. The third-order valence-corrected chi connectivity index (χ3v) is 10.1. The van der Waals surface area contributed by atoms with Gasteiger partial charge in [0.05, 0.1) is 30.5 Å². The molecule has 0 radical (unpaired) electrons. The standard InChI is InChI=1S/C32H39F5N6OS/c33-31(34)9-14-42(21-31)15-16-45-29-17-23(4-5-26(29)32(35,36)37)30-25-18-38-11-6-28(25)43(40-30)20-24(44)19-41-12-7-22(8-13-41)27-3-1-2-10-39-27/h1-5,10,17,22,24,38,44H,6-9,11-16,18-21H2. The third-order valence-electron chi connectivity index (χ3n) is 9.03. The Morgan fingerprint density at radius 1 is 1.07 bits per heavy atom. The van der Waals surface area contributed by atoms with Crippen molar-refractivity contribution in [2.24, 2.45) is 0 Å². The first-order chi connectivity index (χ1) is 21.6. The normalized spacial score (nSPS) is 20.4. The Balaban J connectivity index is 1.15. The van der Waals surface area contributed by atoms with Crippen molar-refractivity contribution >= 4 is 11.8 Å². The predicted molar refractivity (Wildman–Crippen MR) is 163 cm³/mol. The van der Waals surface area contributed by atoms with Gasteiger partial charge in [0.15, 0.2) is 0 Å². The number of aliphatic hydroxyl groups is 1. The molecule has 0 aliphatic carbocycles. The minimum Gasteiger partial charge on any atom is -0.390 e. The van der Waals surface area contributed by atoms with Gasteiger partial charge in [-0.25, -0.2) is 8.78 Å². The summed E-state index contributed by atoms with van der Waals surface area (Å²) >= 11 is 1.04. The second-order valence-corrected chi connectivity index (χ2v) is 13.4. The predicted octanol–water partition coefficient (Wildman–Crippen LogP) is 5.28. The number of hydrogen-bond donors (Lipinski definition) is 2. The summed E-state index contributed by atoms with van der Waals surface area (Å²) in [5, 5.41) is 19.3. The number of β-amino-alcohol motifs (C(OH)–C–C–N with tert-alkyl or cyclic N) is 1. The summed E-state index contributed by atoms with van der Waals surface area (Å²) in [6.45, 7) is 4.01. The van der Waals surface area contributed by atoms with Crippen LogP contribution in [0.4, 0.5) is 22.0 Å². The molecule has 0 amide bonds. The average Bonchev–Trinajstić information content (AvgIpc) is 3.56. The molecular weight excluding hydrogens is 611 g/mol. The molecule has 244 valence electrons. The molecule has 5 heterocycles. The molecule has 45 heavy (non-hydrogen) atoms. The molecule has 7 nitrogen and oxygen atoms in total. The van der Waals surface area contributed by atoms with Crippen LogP contribution in [0.5, 0.6) is 0 Å². The monoisotopic (exact) mass is 650 g/mol. The van der Waals surface area contributed by atoms with E-state index in [0.29, 0.717) is 43.2 Å². The molecule has 6 rings (SSSR count). The minimum absolute atomic E-state index is 0.0622. The Hall–Kier alpha value is -2.58. The van der Waals surface area contributed by atoms with Crippen LogP contribution in [0.2, 0.25) is 0 Å². The molecule has 2 fully saturated rings. The van der Waals surface area contributed by atoms with E-state index < -0.39 is 23.8 Å². The van der Waals surface area contributed by atoms with Gasteiger partial charge in [0, 0.05) is 90.8 Å². The van der Waals surface area contributed by atoms with Crippen molar-refractivity contribution in [2.75, 3.05) is 51.6 Å². The molecule has 1 atom stereocenters. The molecule has 3 aliphatic heterocycles. The van der Waals surface area contributed by atoms with E-state index in [1.807, 2.05) is 23.0 Å². The van der Waals surface area contributed by atoms with Crippen molar-refractivity contribution in [1.29, 1.82) is 0 Å². The van der Waals surface area contributed by atoms with E-state index in [2.05, 4.69) is 21.3 Å². The van der Waals surface area contributed by atoms with Crippen LogP contribution in [-0.2, 0) is 25.7 Å². The molecule has 2 saturated heterocycles. The number of thioether (sulfide) groups is 1. The van der Waals surface area contributed by atoms with E-state index in [1.165, 1.54) is 12.1 Å². The lowest BCUT2D eigenvalue weighted by Gasteiger charge is -2.33. The van der Waals surface area contributed by atoms with E-state index in [4.69, 9.17) is 5.10 Å². The second kappa shape index (κ2) is 13.6. The molecule has 13 heteroatoms. The summed E-state index contributed by atoms with van der Waals surface area (Å²) in [5.74, 6) is -2.05. The summed E-state index contributed by atoms with van der Waals surface area (Å²) in [7, 11) is 0. The van der Waals surface area contributed by atoms with Gasteiger partial charge in [-0.1, -0.05) is 12.1 Å². The van der Waals surface area contributed by atoms with Crippen molar-refractivity contribution in [1.82, 2.24) is 29.9 Å². The largest absolute Gasteiger partial charge is 0.417 e. The van der Waals surface area contributed by atoms with Crippen LogP contribution in [-0.4, -0.2) is 93.3 Å². The number of pyridine rings is 1. The van der Waals surface area contributed by atoms with Gasteiger partial charge in [0.2, 0.25) is 0 Å². The zero-order valence-corrected chi connectivity index (χ0v) is 25.9. The van der Waals surface area contributed by atoms with E-state index in [0.717, 1.165) is 67.3 Å². The average molecular weight is 651 g/mol. The first-order valence-corrected chi connectivity index (χ1v) is 16.6. The number of hydrogen-bond acceptors (Lipinski definition) is 7. The quantitative estimate of drug-likeness (QED) is 0.229. The summed E-state index contributed by atoms with van der Waals surface area (Å²) < 4.78 is 70.8. The van der Waals surface area contributed by atoms with Crippen LogP contribution >= 0.6 is 11.8 Å². The Morgan fingerprint density at radius 3 is 2.60 bits per heavy atom. The molecule has 1 unspecified atom stereocenters. The number of nitrogens with one attached hydrogen (secondary N) is 1. The van der Waals surface area contributed by atoms with Gasteiger partial charge >= 0.3 is 6.18 Å². The van der Waals surface area contributed by atoms with Gasteiger partial charge in [0.1, 0.15) is 0 Å². The van der Waals surface area contributed by atoms with Crippen molar-refractivity contribution in [3.05, 3.63) is 65.1 Å². The molecule has 2 N–H and O–H groups in total. The smallest absolute Gasteiger partial charge is 0.390 e. The highest BCUT2D eigenvalue weighted by molar-refractivity contribution is 7.99. The number of piperidine rings is 1. The highest BCUT2D eigenvalue weighted by Crippen LogP contribution is 2.40. The number of benzene rings is 1. The fraction of sp³-hybridized carbons (Fsp3) is 0.562. The van der Waals surface area contributed by atoms with E-state index in [9.17, 15) is 27.1 Å². The fourth-order valence-electron chi connectivity index (χ4n) is 6.69. The van der Waals surface area contributed by atoms with E-state index >= 15 is 0 Å². The van der Waals surface area contributed by atoms with Crippen molar-refractivity contribution in [3.63, 3.8) is 0 Å². The van der Waals surface area contributed by atoms with Crippen LogP contribution < -0.4 is 5.32 Å². The Morgan fingerprint density at radius 2 is 1.89 bits per heavy atom. The highest BCUT2D eigenvalue weighted by atomic mass is 32.2. The number of alkyl halides is 5. The van der Waals surface area contributed by atoms with E-state index in [1.54, 1.807) is 4.90 Å². The lowest BCUT2D eigenvalue weighted by Crippen LogP contribution is -2.40. The van der Waals surface area contributed by atoms with Crippen LogP contribution in [0.3, 0.4) is 0 Å². The highest BCUT2D eigenvalue weighted by Gasteiger charge is 2.38. The first kappa shape index (κ1) is 32.4. The molecule has 0 bridgehead atoms. The lowest BCUT2D eigenvalue weighted by molar-refractivity contribution is -0.139. The maximum absolute atomic E-state index is 13.9. The van der Waals surface area contributed by atoms with E-state index in [-0.39, 0.29) is 36.7 Å². The van der Waals surface area contributed by atoms with Crippen molar-refractivity contribution in [2.45, 2.75) is 67.8 Å². The number of nitrogens with zero attached hydrogens (tertiary/aromatic N) is 5. The Labute approximate surface area is 264 Å². The van der Waals surface area contributed by atoms with Gasteiger partial charge in [-0.05, 0) is 50.2 Å². The number of aliphatic hydroxyl groups excluding tert-OH is 1. The lowest BCUT2D eigenvalue weighted by atomic mass is 9.93. The summed E-state index contributed by atoms with van der Waals surface area (Å²) in [5.41, 5.74) is 3.47. The van der Waals surface area contributed by atoms with Crippen LogP contribution in [0, 0.1) is 0 Å². The number of halogens is 5. The SMILES string of the molecule is OC(CN1CCC(c2ccccn2)CC1)Cn1nc(-c2ccc(C(F)(F)F)c(SCCN3CCC(F)(F)C3)c2)c2c1CCNC2. The summed E-state index contributed by atoms with van der Waals surface area (Å²) in [6, 6.07) is 10.1. The number of rotatable bonds is 10. The Bertz CT molecular complexity index is 1440. The van der Waals surface area contributed by atoms with Crippen LogP contribution in [0.1, 0.15) is 47.7 Å². The van der Waals surface area contributed by atoms with Crippen LogP contribution in [0.25, 0.3) is 11.3 Å². The summed E-state index contributed by atoms with van der Waals surface area (Å²) in [4.78, 5) is 8.43. The molecular formula is C32H39F5N6OS. The van der Waals surface area contributed by atoms with Crippen LogP contribution in [0.15, 0.2) is 47.5 Å². The third kappa shape index (κ3) is 7.87. The molecule has 3 aliphatic rings. The van der Waals surface area contributed by atoms with Gasteiger partial charge in [-0.3, -0.25) is 14.6 Å². The maximum atomic E-state index is 13.9.